The molecule has 4 heteroatoms. The lowest BCUT2D eigenvalue weighted by molar-refractivity contribution is 0.0310. The molecule has 4 atom stereocenters. The van der Waals surface area contributed by atoms with Crippen LogP contribution in [-0.2, 0) is 15.6 Å². The number of rotatable bonds is 5. The first-order valence-corrected chi connectivity index (χ1v) is 12.8. The first-order valence-electron chi connectivity index (χ1n) is 11.6. The Morgan fingerprint density at radius 3 is 1.94 bits per heavy atom. The van der Waals surface area contributed by atoms with Crippen molar-refractivity contribution in [2.75, 3.05) is 0 Å². The fourth-order valence-corrected chi connectivity index (χ4v) is 8.18. The fraction of sp³-hybridized carbons (Fsp3) is 0.357. The SMILES string of the molecule is CC1(Oc2cc([S+](c3ccccc3)c3ccccc3)ccc2F)CC2C3CCC(O3)C2C1. The summed E-state index contributed by atoms with van der Waals surface area (Å²) in [6.45, 7) is 2.16. The van der Waals surface area contributed by atoms with Crippen molar-refractivity contribution < 1.29 is 13.9 Å². The Morgan fingerprint density at radius 1 is 0.812 bits per heavy atom. The van der Waals surface area contributed by atoms with E-state index in [0.717, 1.165) is 17.7 Å². The summed E-state index contributed by atoms with van der Waals surface area (Å²) in [5, 5.41) is 0. The molecule has 3 fully saturated rings. The van der Waals surface area contributed by atoms with Crippen LogP contribution in [0.3, 0.4) is 0 Å². The van der Waals surface area contributed by atoms with E-state index in [1.807, 2.05) is 24.3 Å². The molecule has 2 bridgehead atoms. The largest absolute Gasteiger partial charge is 0.484 e. The van der Waals surface area contributed by atoms with Crippen molar-refractivity contribution in [3.8, 4) is 5.75 Å². The highest BCUT2D eigenvalue weighted by atomic mass is 32.2. The van der Waals surface area contributed by atoms with Crippen LogP contribution in [-0.4, -0.2) is 17.8 Å². The normalized spacial score (nSPS) is 30.6. The van der Waals surface area contributed by atoms with Crippen molar-refractivity contribution in [3.63, 3.8) is 0 Å². The molecule has 0 N–H and O–H groups in total. The monoisotopic (exact) mass is 447 g/mol. The molecule has 1 saturated carbocycles. The highest BCUT2D eigenvalue weighted by Gasteiger charge is 2.57. The number of hydrogen-bond acceptors (Lipinski definition) is 2. The Balaban J connectivity index is 1.33. The van der Waals surface area contributed by atoms with Gasteiger partial charge in [0.2, 0.25) is 0 Å². The van der Waals surface area contributed by atoms with Crippen molar-refractivity contribution in [3.05, 3.63) is 84.7 Å². The molecule has 3 aromatic rings. The minimum atomic E-state index is -0.336. The molecular weight excluding hydrogens is 419 g/mol. The summed E-state index contributed by atoms with van der Waals surface area (Å²) in [4.78, 5) is 3.50. The zero-order valence-electron chi connectivity index (χ0n) is 18.2. The molecule has 0 amide bonds. The molecule has 164 valence electrons. The van der Waals surface area contributed by atoms with Gasteiger partial charge in [0.05, 0.1) is 23.1 Å². The van der Waals surface area contributed by atoms with Gasteiger partial charge in [0.1, 0.15) is 5.60 Å². The maximum absolute atomic E-state index is 15.0. The van der Waals surface area contributed by atoms with Gasteiger partial charge in [0.15, 0.2) is 26.3 Å². The van der Waals surface area contributed by atoms with E-state index in [-0.39, 0.29) is 22.3 Å². The quantitative estimate of drug-likeness (QED) is 0.408. The summed E-state index contributed by atoms with van der Waals surface area (Å²) in [6, 6.07) is 26.3. The molecule has 32 heavy (non-hydrogen) atoms. The lowest BCUT2D eigenvalue weighted by atomic mass is 9.82. The molecule has 3 aliphatic rings. The molecule has 0 radical (unpaired) electrons. The Kier molecular flexibility index (Phi) is 5.03. The second kappa shape index (κ2) is 7.93. The lowest BCUT2D eigenvalue weighted by Gasteiger charge is -2.28. The molecule has 4 unspecified atom stereocenters. The van der Waals surface area contributed by atoms with Crippen molar-refractivity contribution in [1.82, 2.24) is 0 Å². The lowest BCUT2D eigenvalue weighted by Crippen LogP contribution is -2.31. The number of ether oxygens (including phenoxy) is 2. The zero-order chi connectivity index (χ0) is 21.7. The van der Waals surface area contributed by atoms with E-state index in [4.69, 9.17) is 9.47 Å². The summed E-state index contributed by atoms with van der Waals surface area (Å²) >= 11 is 0. The van der Waals surface area contributed by atoms with Crippen LogP contribution in [0.15, 0.2) is 93.5 Å². The third kappa shape index (κ3) is 3.54. The Bertz CT molecular complexity index is 1050. The van der Waals surface area contributed by atoms with Crippen LogP contribution in [0.25, 0.3) is 0 Å². The second-order valence-electron chi connectivity index (χ2n) is 9.60. The number of hydrogen-bond donors (Lipinski definition) is 0. The van der Waals surface area contributed by atoms with E-state index in [2.05, 4.69) is 55.5 Å². The first-order chi connectivity index (χ1) is 15.6. The van der Waals surface area contributed by atoms with Crippen molar-refractivity contribution in [1.29, 1.82) is 0 Å². The van der Waals surface area contributed by atoms with Gasteiger partial charge >= 0.3 is 0 Å². The van der Waals surface area contributed by atoms with Gasteiger partial charge in [0.25, 0.3) is 0 Å². The van der Waals surface area contributed by atoms with Crippen LogP contribution in [0.4, 0.5) is 4.39 Å². The predicted molar refractivity (Wildman–Crippen MR) is 125 cm³/mol. The van der Waals surface area contributed by atoms with Crippen LogP contribution in [0.1, 0.15) is 32.6 Å². The molecule has 2 nitrogen and oxygen atoms in total. The van der Waals surface area contributed by atoms with Crippen LogP contribution < -0.4 is 4.74 Å². The van der Waals surface area contributed by atoms with Gasteiger partial charge in [-0.05, 0) is 80.8 Å². The Morgan fingerprint density at radius 2 is 1.38 bits per heavy atom. The van der Waals surface area contributed by atoms with Crippen molar-refractivity contribution in [2.24, 2.45) is 11.8 Å². The van der Waals surface area contributed by atoms with Crippen molar-refractivity contribution in [2.45, 2.75) is 65.1 Å². The smallest absolute Gasteiger partial charge is 0.170 e. The summed E-state index contributed by atoms with van der Waals surface area (Å²) in [6.07, 6.45) is 5.00. The molecule has 2 aliphatic heterocycles. The molecule has 6 rings (SSSR count). The van der Waals surface area contributed by atoms with Gasteiger partial charge in [-0.15, -0.1) is 0 Å². The molecule has 0 aromatic heterocycles. The van der Waals surface area contributed by atoms with E-state index in [1.54, 1.807) is 6.07 Å². The summed E-state index contributed by atoms with van der Waals surface area (Å²) in [5.41, 5.74) is -0.336. The molecule has 3 aromatic carbocycles. The number of fused-ring (bicyclic) bond motifs is 5. The van der Waals surface area contributed by atoms with E-state index in [1.165, 1.54) is 22.6 Å². The Hall–Kier alpha value is -2.30. The van der Waals surface area contributed by atoms with Gasteiger partial charge in [-0.25, -0.2) is 4.39 Å². The van der Waals surface area contributed by atoms with E-state index < -0.39 is 0 Å². The maximum Gasteiger partial charge on any atom is 0.170 e. The van der Waals surface area contributed by atoms with E-state index in [9.17, 15) is 4.39 Å². The predicted octanol–water partition coefficient (Wildman–Crippen LogP) is 6.65. The van der Waals surface area contributed by atoms with Crippen LogP contribution in [0.5, 0.6) is 5.75 Å². The second-order valence-corrected chi connectivity index (χ2v) is 11.6. The summed E-state index contributed by atoms with van der Waals surface area (Å²) in [7, 11) is -0.322. The van der Waals surface area contributed by atoms with Gasteiger partial charge in [-0.3, -0.25) is 0 Å². The molecule has 1 aliphatic carbocycles. The van der Waals surface area contributed by atoms with Gasteiger partial charge in [0, 0.05) is 6.07 Å². The summed E-state index contributed by atoms with van der Waals surface area (Å²) < 4.78 is 27.6. The highest BCUT2D eigenvalue weighted by Crippen LogP contribution is 2.55. The van der Waals surface area contributed by atoms with E-state index in [0.29, 0.717) is 29.8 Å². The first kappa shape index (κ1) is 20.3. The average Bonchev–Trinajstić information content (AvgIpc) is 3.50. The topological polar surface area (TPSA) is 18.5 Å². The number of benzene rings is 3. The van der Waals surface area contributed by atoms with Gasteiger partial charge < -0.3 is 9.47 Å². The molecule has 2 saturated heterocycles. The Labute approximate surface area is 192 Å². The van der Waals surface area contributed by atoms with Crippen LogP contribution in [0, 0.1) is 17.7 Å². The van der Waals surface area contributed by atoms with Crippen LogP contribution in [0.2, 0.25) is 0 Å². The standard InChI is InChI=1S/C28H28FO2S/c1-28(17-22-23(18-28)26-15-14-25(22)30-26)31-27-16-21(12-13-24(27)29)32(19-8-4-2-5-9-19)20-10-6-3-7-11-20/h2-13,16,22-23,25-26H,14-15,17-18H2,1H3/q+1. The summed E-state index contributed by atoms with van der Waals surface area (Å²) in [5.74, 6) is 1.22. The van der Waals surface area contributed by atoms with E-state index >= 15 is 0 Å². The average molecular weight is 448 g/mol. The minimum absolute atomic E-state index is 0.282. The fourth-order valence-electron chi connectivity index (χ4n) is 6.08. The molecular formula is C28H28FO2S+. The highest BCUT2D eigenvalue weighted by molar-refractivity contribution is 7.97. The minimum Gasteiger partial charge on any atom is -0.484 e. The molecule has 2 heterocycles. The third-order valence-electron chi connectivity index (χ3n) is 7.38. The van der Waals surface area contributed by atoms with Crippen molar-refractivity contribution >= 4 is 10.9 Å². The van der Waals surface area contributed by atoms with Gasteiger partial charge in [-0.2, -0.15) is 0 Å². The third-order valence-corrected chi connectivity index (χ3v) is 9.59. The number of halogens is 1. The van der Waals surface area contributed by atoms with Crippen LogP contribution >= 0.6 is 0 Å². The maximum atomic E-state index is 15.0. The molecule has 0 spiro atoms. The zero-order valence-corrected chi connectivity index (χ0v) is 19.1. The van der Waals surface area contributed by atoms with Gasteiger partial charge in [-0.1, -0.05) is 36.4 Å².